The van der Waals surface area contributed by atoms with E-state index in [1.165, 1.54) is 5.39 Å². The quantitative estimate of drug-likeness (QED) is 0.257. The fourth-order valence-electron chi connectivity index (χ4n) is 5.52. The molecule has 8 aromatic rings. The molecule has 0 saturated carbocycles. The smallest absolute Gasteiger partial charge is 0.139 e. The number of hydrogen-bond donors (Lipinski definition) is 0. The van der Waals surface area contributed by atoms with Gasteiger partial charge in [0.15, 0.2) is 0 Å². The average molecular weight is 488 g/mol. The van der Waals surface area contributed by atoms with E-state index in [0.717, 1.165) is 61.6 Å². The number of rotatable bonds is 3. The molecule has 0 unspecified atom stereocenters. The van der Waals surface area contributed by atoms with Crippen LogP contribution in [0.1, 0.15) is 0 Å². The van der Waals surface area contributed by atoms with Crippen molar-refractivity contribution < 1.29 is 0 Å². The van der Waals surface area contributed by atoms with E-state index < -0.39 is 0 Å². The van der Waals surface area contributed by atoms with E-state index in [-0.39, 0.29) is 0 Å². The van der Waals surface area contributed by atoms with Gasteiger partial charge in [0.2, 0.25) is 0 Å². The highest BCUT2D eigenvalue weighted by atomic mass is 15.0. The summed E-state index contributed by atoms with van der Waals surface area (Å²) < 4.78 is 4.40. The lowest BCUT2D eigenvalue weighted by atomic mass is 9.97. The maximum atomic E-state index is 4.96. The molecule has 0 bridgehead atoms. The van der Waals surface area contributed by atoms with Gasteiger partial charge in [-0.2, -0.15) is 0 Å². The number of para-hydroxylation sites is 3. The summed E-state index contributed by atoms with van der Waals surface area (Å²) in [5.74, 6) is 0. The normalized spacial score (nSPS) is 11.7. The second kappa shape index (κ2) is 8.11. The number of nitrogens with zero attached hydrogens (tertiary/aromatic N) is 5. The van der Waals surface area contributed by atoms with E-state index in [1.54, 1.807) is 0 Å². The summed E-state index contributed by atoms with van der Waals surface area (Å²) in [6.07, 6.45) is 3.88. The van der Waals surface area contributed by atoms with Gasteiger partial charge < -0.3 is 0 Å². The van der Waals surface area contributed by atoms with Crippen molar-refractivity contribution >= 4 is 33.2 Å². The molecule has 5 aromatic heterocycles. The number of aromatic nitrogens is 5. The van der Waals surface area contributed by atoms with Crippen molar-refractivity contribution in [2.45, 2.75) is 0 Å². The van der Waals surface area contributed by atoms with Gasteiger partial charge in [0.1, 0.15) is 17.0 Å². The highest BCUT2D eigenvalue weighted by Crippen LogP contribution is 2.37. The Morgan fingerprint density at radius 2 is 1.39 bits per heavy atom. The third-order valence-corrected chi connectivity index (χ3v) is 7.18. The molecule has 5 nitrogen and oxygen atoms in total. The minimum Gasteiger partial charge on any atom is -0.299 e. The van der Waals surface area contributed by atoms with E-state index in [4.69, 9.17) is 9.97 Å². The number of imidazole rings is 2. The van der Waals surface area contributed by atoms with Crippen LogP contribution in [0.5, 0.6) is 0 Å². The first-order chi connectivity index (χ1) is 18.8. The van der Waals surface area contributed by atoms with Gasteiger partial charge in [-0.3, -0.25) is 13.8 Å². The van der Waals surface area contributed by atoms with E-state index >= 15 is 0 Å². The first kappa shape index (κ1) is 20.9. The van der Waals surface area contributed by atoms with Crippen LogP contribution in [0.4, 0.5) is 0 Å². The Bertz CT molecular complexity index is 2140. The van der Waals surface area contributed by atoms with Crippen molar-refractivity contribution in [2.75, 3.05) is 0 Å². The molecule has 8 rings (SSSR count). The third-order valence-electron chi connectivity index (χ3n) is 7.18. The largest absolute Gasteiger partial charge is 0.299 e. The lowest BCUT2D eigenvalue weighted by molar-refractivity contribution is 1.19. The molecule has 0 saturated heterocycles. The number of benzene rings is 3. The van der Waals surface area contributed by atoms with Crippen LogP contribution in [0.2, 0.25) is 0 Å². The predicted octanol–water partition coefficient (Wildman–Crippen LogP) is 7.68. The van der Waals surface area contributed by atoms with E-state index in [9.17, 15) is 0 Å². The van der Waals surface area contributed by atoms with E-state index in [2.05, 4.69) is 92.8 Å². The summed E-state index contributed by atoms with van der Waals surface area (Å²) in [6, 6.07) is 39.8. The van der Waals surface area contributed by atoms with Gasteiger partial charge in [0.05, 0.1) is 27.9 Å². The molecular weight excluding hydrogens is 466 g/mol. The standard InChI is InChI=1S/C33H21N5/c1-3-15-28-24(12-1)25(21-31-35-26-13-2-4-16-29(26)38(28)31)22-10-9-11-23(20-22)33-32(27-14-5-7-18-34-27)36-30-17-6-8-19-37(30)33/h1-21H. The summed E-state index contributed by atoms with van der Waals surface area (Å²) in [5.41, 5.74) is 11.2. The van der Waals surface area contributed by atoms with Crippen LogP contribution in [-0.4, -0.2) is 23.8 Å². The molecule has 0 fully saturated rings. The van der Waals surface area contributed by atoms with Gasteiger partial charge in [-0.15, -0.1) is 0 Å². The SMILES string of the molecule is c1ccc(-c2nc3ccccn3c2-c2cccc(-c3cc4nc5ccccc5n4c4ccccc34)c2)nc1. The molecule has 0 aliphatic carbocycles. The van der Waals surface area contributed by atoms with E-state index in [1.807, 2.05) is 48.7 Å². The molecule has 3 aromatic carbocycles. The summed E-state index contributed by atoms with van der Waals surface area (Å²) in [5, 5.41) is 1.18. The molecule has 0 atom stereocenters. The molecule has 178 valence electrons. The fourth-order valence-corrected chi connectivity index (χ4v) is 5.52. The van der Waals surface area contributed by atoms with Crippen LogP contribution in [0, 0.1) is 0 Å². The molecule has 0 spiro atoms. The van der Waals surface area contributed by atoms with Gasteiger partial charge in [-0.05, 0) is 65.7 Å². The molecule has 0 aliphatic rings. The van der Waals surface area contributed by atoms with Gasteiger partial charge in [0.25, 0.3) is 0 Å². The number of fused-ring (bicyclic) bond motifs is 6. The van der Waals surface area contributed by atoms with Crippen molar-refractivity contribution in [3.8, 4) is 33.8 Å². The van der Waals surface area contributed by atoms with Crippen LogP contribution in [-0.2, 0) is 0 Å². The fraction of sp³-hybridized carbons (Fsp3) is 0. The Hall–Kier alpha value is -5.29. The molecule has 0 N–H and O–H groups in total. The zero-order valence-corrected chi connectivity index (χ0v) is 20.4. The summed E-state index contributed by atoms with van der Waals surface area (Å²) in [7, 11) is 0. The Morgan fingerprint density at radius 3 is 2.32 bits per heavy atom. The van der Waals surface area contributed by atoms with Crippen molar-refractivity contribution in [3.05, 3.63) is 128 Å². The second-order valence-electron chi connectivity index (χ2n) is 9.40. The number of pyridine rings is 3. The van der Waals surface area contributed by atoms with Crippen molar-refractivity contribution in [1.29, 1.82) is 0 Å². The highest BCUT2D eigenvalue weighted by Gasteiger charge is 2.18. The van der Waals surface area contributed by atoms with E-state index in [0.29, 0.717) is 0 Å². The van der Waals surface area contributed by atoms with Gasteiger partial charge >= 0.3 is 0 Å². The highest BCUT2D eigenvalue weighted by molar-refractivity contribution is 6.01. The first-order valence-corrected chi connectivity index (χ1v) is 12.6. The lowest BCUT2D eigenvalue weighted by Crippen LogP contribution is -1.93. The zero-order chi connectivity index (χ0) is 25.1. The minimum absolute atomic E-state index is 0.854. The summed E-state index contributed by atoms with van der Waals surface area (Å²) in [4.78, 5) is 14.5. The Morgan fingerprint density at radius 1 is 0.579 bits per heavy atom. The topological polar surface area (TPSA) is 47.5 Å². The second-order valence-corrected chi connectivity index (χ2v) is 9.40. The molecule has 5 heteroatoms. The Labute approximate surface area is 218 Å². The zero-order valence-electron chi connectivity index (χ0n) is 20.4. The molecule has 38 heavy (non-hydrogen) atoms. The lowest BCUT2D eigenvalue weighted by Gasteiger charge is -2.12. The van der Waals surface area contributed by atoms with Crippen LogP contribution < -0.4 is 0 Å². The summed E-state index contributed by atoms with van der Waals surface area (Å²) >= 11 is 0. The van der Waals surface area contributed by atoms with Crippen LogP contribution in [0.15, 0.2) is 128 Å². The molecule has 0 radical (unpaired) electrons. The van der Waals surface area contributed by atoms with Gasteiger partial charge in [-0.1, -0.05) is 60.7 Å². The molecule has 0 amide bonds. The molecule has 0 aliphatic heterocycles. The van der Waals surface area contributed by atoms with Crippen molar-refractivity contribution in [1.82, 2.24) is 23.8 Å². The minimum atomic E-state index is 0.854. The monoisotopic (exact) mass is 487 g/mol. The van der Waals surface area contributed by atoms with Crippen LogP contribution in [0.3, 0.4) is 0 Å². The Balaban J connectivity index is 1.40. The average Bonchev–Trinajstić information content (AvgIpc) is 3.56. The Kier molecular flexibility index (Phi) is 4.45. The maximum absolute atomic E-state index is 4.96. The summed E-state index contributed by atoms with van der Waals surface area (Å²) in [6.45, 7) is 0. The maximum Gasteiger partial charge on any atom is 0.139 e. The predicted molar refractivity (Wildman–Crippen MR) is 153 cm³/mol. The molecule has 5 heterocycles. The number of hydrogen-bond acceptors (Lipinski definition) is 3. The van der Waals surface area contributed by atoms with Crippen LogP contribution >= 0.6 is 0 Å². The van der Waals surface area contributed by atoms with Crippen molar-refractivity contribution in [2.24, 2.45) is 0 Å². The van der Waals surface area contributed by atoms with Crippen molar-refractivity contribution in [3.63, 3.8) is 0 Å². The first-order valence-electron chi connectivity index (χ1n) is 12.6. The molecular formula is C33H21N5. The third kappa shape index (κ3) is 3.09. The van der Waals surface area contributed by atoms with Crippen LogP contribution in [0.25, 0.3) is 67.0 Å². The van der Waals surface area contributed by atoms with Gasteiger partial charge in [-0.25, -0.2) is 9.97 Å². The van der Waals surface area contributed by atoms with Gasteiger partial charge in [0, 0.05) is 23.3 Å².